The highest BCUT2D eigenvalue weighted by atomic mass is 14.4. The number of hydrogen-bond donors (Lipinski definition) is 0. The lowest BCUT2D eigenvalue weighted by Crippen LogP contribution is -2.15. The SMILES string of the molecule is CC1(C)c2ccccc2-c2c1cc(-c1ccc3cc(-c4ccc5ccccc5c4)ccc3c1)c1ccccc21. The van der Waals surface area contributed by atoms with Gasteiger partial charge in [-0.2, -0.15) is 0 Å². The Balaban J connectivity index is 1.28. The predicted octanol–water partition coefficient (Wildman–Crippen LogP) is 10.8. The van der Waals surface area contributed by atoms with E-state index in [0.717, 1.165) is 0 Å². The lowest BCUT2D eigenvalue weighted by molar-refractivity contribution is 0.661. The van der Waals surface area contributed by atoms with Crippen LogP contribution in [0.5, 0.6) is 0 Å². The number of benzene rings is 7. The van der Waals surface area contributed by atoms with Crippen LogP contribution in [-0.2, 0) is 5.41 Å². The van der Waals surface area contributed by atoms with Gasteiger partial charge < -0.3 is 0 Å². The van der Waals surface area contributed by atoms with Gasteiger partial charge in [-0.3, -0.25) is 0 Å². The highest BCUT2D eigenvalue weighted by Gasteiger charge is 2.36. The highest BCUT2D eigenvalue weighted by molar-refractivity contribution is 6.09. The average Bonchev–Trinajstić information content (AvgIpc) is 3.22. The lowest BCUT2D eigenvalue weighted by atomic mass is 9.80. The van der Waals surface area contributed by atoms with Crippen LogP contribution in [0.15, 0.2) is 133 Å². The summed E-state index contributed by atoms with van der Waals surface area (Å²) in [5.74, 6) is 0. The standard InChI is InChI=1S/C39H28/c1-39(2)36-14-8-7-13-34(36)38-33-12-6-5-11-32(33)35(24-37(38)39)31-20-19-29-22-28(17-18-30(29)23-31)27-16-15-25-9-3-4-10-26(25)21-27/h3-24H,1-2H3. The lowest BCUT2D eigenvalue weighted by Gasteiger charge is -2.23. The fourth-order valence-corrected chi connectivity index (χ4v) is 6.75. The summed E-state index contributed by atoms with van der Waals surface area (Å²) >= 11 is 0. The van der Waals surface area contributed by atoms with Gasteiger partial charge in [0.05, 0.1) is 0 Å². The van der Waals surface area contributed by atoms with E-state index in [-0.39, 0.29) is 5.41 Å². The van der Waals surface area contributed by atoms with Crippen LogP contribution in [0.4, 0.5) is 0 Å². The summed E-state index contributed by atoms with van der Waals surface area (Å²) in [5.41, 5.74) is 10.7. The molecule has 184 valence electrons. The maximum atomic E-state index is 2.46. The maximum absolute atomic E-state index is 2.46. The minimum atomic E-state index is -0.0314. The van der Waals surface area contributed by atoms with Crippen LogP contribution in [0.2, 0.25) is 0 Å². The van der Waals surface area contributed by atoms with Crippen LogP contribution >= 0.6 is 0 Å². The number of hydrogen-bond acceptors (Lipinski definition) is 0. The Labute approximate surface area is 229 Å². The molecule has 0 aromatic heterocycles. The second-order valence-corrected chi connectivity index (χ2v) is 11.4. The fourth-order valence-electron chi connectivity index (χ4n) is 6.75. The molecule has 0 aliphatic heterocycles. The summed E-state index contributed by atoms with van der Waals surface area (Å²) < 4.78 is 0. The van der Waals surface area contributed by atoms with Gasteiger partial charge in [-0.05, 0) is 101 Å². The quantitative estimate of drug-likeness (QED) is 0.223. The van der Waals surface area contributed by atoms with Crippen molar-refractivity contribution in [2.45, 2.75) is 19.3 Å². The largest absolute Gasteiger partial charge is 0.0619 e. The van der Waals surface area contributed by atoms with Crippen molar-refractivity contribution >= 4 is 32.3 Å². The molecule has 0 radical (unpaired) electrons. The molecule has 0 fully saturated rings. The van der Waals surface area contributed by atoms with Gasteiger partial charge in [0.1, 0.15) is 0 Å². The monoisotopic (exact) mass is 496 g/mol. The molecule has 0 N–H and O–H groups in total. The Bertz CT molecular complexity index is 2090. The first-order chi connectivity index (χ1) is 19.1. The number of fused-ring (bicyclic) bond motifs is 7. The Morgan fingerprint density at radius 3 is 1.69 bits per heavy atom. The number of rotatable bonds is 2. The molecule has 7 aromatic rings. The molecule has 0 heterocycles. The van der Waals surface area contributed by atoms with Crippen molar-refractivity contribution < 1.29 is 0 Å². The normalized spacial score (nSPS) is 13.6. The van der Waals surface area contributed by atoms with E-state index in [4.69, 9.17) is 0 Å². The Morgan fingerprint density at radius 1 is 0.385 bits per heavy atom. The maximum Gasteiger partial charge on any atom is 0.0159 e. The summed E-state index contributed by atoms with van der Waals surface area (Å²) in [6, 6.07) is 49.4. The zero-order chi connectivity index (χ0) is 26.1. The van der Waals surface area contributed by atoms with Crippen LogP contribution in [0.1, 0.15) is 25.0 Å². The molecule has 0 unspecified atom stereocenters. The molecular weight excluding hydrogens is 468 g/mol. The van der Waals surface area contributed by atoms with E-state index in [9.17, 15) is 0 Å². The van der Waals surface area contributed by atoms with E-state index in [2.05, 4.69) is 147 Å². The van der Waals surface area contributed by atoms with E-state index in [0.29, 0.717) is 0 Å². The molecule has 7 aromatic carbocycles. The first-order valence-corrected chi connectivity index (χ1v) is 13.8. The van der Waals surface area contributed by atoms with Crippen molar-refractivity contribution in [3.05, 3.63) is 145 Å². The van der Waals surface area contributed by atoms with Gasteiger partial charge in [0.2, 0.25) is 0 Å². The van der Waals surface area contributed by atoms with Crippen molar-refractivity contribution in [2.24, 2.45) is 0 Å². The fraction of sp³-hybridized carbons (Fsp3) is 0.0769. The molecule has 0 saturated carbocycles. The topological polar surface area (TPSA) is 0 Å². The Kier molecular flexibility index (Phi) is 4.67. The molecule has 0 nitrogen and oxygen atoms in total. The van der Waals surface area contributed by atoms with Crippen molar-refractivity contribution in [1.82, 2.24) is 0 Å². The molecule has 8 rings (SSSR count). The smallest absolute Gasteiger partial charge is 0.0159 e. The third-order valence-corrected chi connectivity index (χ3v) is 8.82. The van der Waals surface area contributed by atoms with Crippen LogP contribution in [0, 0.1) is 0 Å². The molecular formula is C39H28. The molecule has 1 aliphatic carbocycles. The van der Waals surface area contributed by atoms with E-state index >= 15 is 0 Å². The minimum absolute atomic E-state index is 0.0314. The summed E-state index contributed by atoms with van der Waals surface area (Å²) in [5, 5.41) is 7.75. The molecule has 0 spiro atoms. The van der Waals surface area contributed by atoms with Crippen LogP contribution in [0.25, 0.3) is 65.7 Å². The second kappa shape index (κ2) is 8.16. The minimum Gasteiger partial charge on any atom is -0.0619 e. The van der Waals surface area contributed by atoms with Gasteiger partial charge in [0.25, 0.3) is 0 Å². The van der Waals surface area contributed by atoms with Crippen molar-refractivity contribution in [3.63, 3.8) is 0 Å². The van der Waals surface area contributed by atoms with Gasteiger partial charge in [-0.15, -0.1) is 0 Å². The zero-order valence-electron chi connectivity index (χ0n) is 22.2. The molecule has 0 saturated heterocycles. The summed E-state index contributed by atoms with van der Waals surface area (Å²) in [6.45, 7) is 4.73. The summed E-state index contributed by atoms with van der Waals surface area (Å²) in [7, 11) is 0. The third-order valence-electron chi connectivity index (χ3n) is 8.82. The van der Waals surface area contributed by atoms with Crippen LogP contribution in [-0.4, -0.2) is 0 Å². The average molecular weight is 497 g/mol. The van der Waals surface area contributed by atoms with Crippen molar-refractivity contribution in [3.8, 4) is 33.4 Å². The zero-order valence-corrected chi connectivity index (χ0v) is 22.2. The summed E-state index contributed by atoms with van der Waals surface area (Å²) in [6.07, 6.45) is 0. The predicted molar refractivity (Wildman–Crippen MR) is 167 cm³/mol. The summed E-state index contributed by atoms with van der Waals surface area (Å²) in [4.78, 5) is 0. The van der Waals surface area contributed by atoms with Gasteiger partial charge in [-0.25, -0.2) is 0 Å². The second-order valence-electron chi connectivity index (χ2n) is 11.4. The van der Waals surface area contributed by atoms with E-state index in [1.165, 1.54) is 76.8 Å². The van der Waals surface area contributed by atoms with E-state index < -0.39 is 0 Å². The molecule has 39 heavy (non-hydrogen) atoms. The first kappa shape index (κ1) is 22.3. The van der Waals surface area contributed by atoms with E-state index in [1.54, 1.807) is 0 Å². The molecule has 0 amide bonds. The first-order valence-electron chi connectivity index (χ1n) is 13.8. The van der Waals surface area contributed by atoms with Gasteiger partial charge in [-0.1, -0.05) is 123 Å². The van der Waals surface area contributed by atoms with E-state index in [1.807, 2.05) is 0 Å². The van der Waals surface area contributed by atoms with Crippen molar-refractivity contribution in [1.29, 1.82) is 0 Å². The van der Waals surface area contributed by atoms with Crippen LogP contribution in [0.3, 0.4) is 0 Å². The molecule has 0 bridgehead atoms. The van der Waals surface area contributed by atoms with Gasteiger partial charge in [0.15, 0.2) is 0 Å². The highest BCUT2D eigenvalue weighted by Crippen LogP contribution is 2.53. The molecule has 0 heteroatoms. The van der Waals surface area contributed by atoms with Gasteiger partial charge >= 0.3 is 0 Å². The van der Waals surface area contributed by atoms with Crippen molar-refractivity contribution in [2.75, 3.05) is 0 Å². The van der Waals surface area contributed by atoms with Gasteiger partial charge in [0, 0.05) is 5.41 Å². The van der Waals surface area contributed by atoms with Crippen LogP contribution < -0.4 is 0 Å². The molecule has 1 aliphatic rings. The third kappa shape index (κ3) is 3.31. The Morgan fingerprint density at radius 2 is 0.923 bits per heavy atom. The Hall–Kier alpha value is -4.68. The molecule has 0 atom stereocenters.